The lowest BCUT2D eigenvalue weighted by atomic mass is 9.78. The summed E-state index contributed by atoms with van der Waals surface area (Å²) in [5.74, 6) is -3.31. The normalized spacial score (nSPS) is 15.0. The monoisotopic (exact) mass is 468 g/mol. The summed E-state index contributed by atoms with van der Waals surface area (Å²) in [6, 6.07) is 4.10. The van der Waals surface area contributed by atoms with Crippen LogP contribution < -0.4 is 0 Å². The van der Waals surface area contributed by atoms with Crippen molar-refractivity contribution in [3.63, 3.8) is 0 Å². The van der Waals surface area contributed by atoms with Gasteiger partial charge in [0.2, 0.25) is 0 Å². The van der Waals surface area contributed by atoms with Gasteiger partial charge >= 0.3 is 24.1 Å². The number of carbonyl (C=O) groups is 3. The molecule has 0 radical (unpaired) electrons. The molecule has 0 spiro atoms. The van der Waals surface area contributed by atoms with Gasteiger partial charge in [0.25, 0.3) is 0 Å². The summed E-state index contributed by atoms with van der Waals surface area (Å²) in [6.45, 7) is 5.85. The number of alkyl halides is 3. The van der Waals surface area contributed by atoms with Crippen LogP contribution in [0.5, 0.6) is 0 Å². The standard InChI is InChI=1S/C23H27F3N2O5/c1-7-32-20(29)17-13(3)28(22(31)27(5)6)14(4)18(21(30)33-8-2)19(17)15-11-9-10-12-16(15)23(24,25)26/h9-12,19H,7-8H2,1-6H3. The SMILES string of the molecule is CCOC(=O)C1=C(C)N(C(=O)N(C)C)C(C)=C(C(=O)OCC)C1c1ccccc1C(F)(F)F. The van der Waals surface area contributed by atoms with Crippen LogP contribution in [0.2, 0.25) is 0 Å². The zero-order valence-corrected chi connectivity index (χ0v) is 19.4. The van der Waals surface area contributed by atoms with Crippen molar-refractivity contribution in [1.29, 1.82) is 0 Å². The minimum atomic E-state index is -4.76. The van der Waals surface area contributed by atoms with E-state index in [9.17, 15) is 27.6 Å². The van der Waals surface area contributed by atoms with Crippen LogP contribution in [0.15, 0.2) is 46.8 Å². The van der Waals surface area contributed by atoms with E-state index in [0.29, 0.717) is 0 Å². The zero-order chi connectivity index (χ0) is 25.1. The molecule has 1 aliphatic heterocycles. The van der Waals surface area contributed by atoms with Crippen LogP contribution in [0.3, 0.4) is 0 Å². The molecule has 1 aliphatic rings. The van der Waals surface area contributed by atoms with E-state index in [-0.39, 0.29) is 41.3 Å². The van der Waals surface area contributed by atoms with Crippen LogP contribution in [0.25, 0.3) is 0 Å². The molecule has 0 saturated heterocycles. The van der Waals surface area contributed by atoms with Gasteiger partial charge in [-0.05, 0) is 39.3 Å². The van der Waals surface area contributed by atoms with Crippen LogP contribution in [0.4, 0.5) is 18.0 Å². The van der Waals surface area contributed by atoms with Crippen molar-refractivity contribution >= 4 is 18.0 Å². The Morgan fingerprint density at radius 3 is 1.79 bits per heavy atom. The molecule has 33 heavy (non-hydrogen) atoms. The second-order valence-electron chi connectivity index (χ2n) is 7.47. The van der Waals surface area contributed by atoms with Crippen molar-refractivity contribution in [3.8, 4) is 0 Å². The van der Waals surface area contributed by atoms with Gasteiger partial charge in [0.1, 0.15) is 0 Å². The minimum absolute atomic E-state index is 0.0533. The summed E-state index contributed by atoms with van der Waals surface area (Å²) >= 11 is 0. The molecule has 180 valence electrons. The topological polar surface area (TPSA) is 76.2 Å². The molecule has 0 fully saturated rings. The fourth-order valence-electron chi connectivity index (χ4n) is 3.81. The maximum Gasteiger partial charge on any atom is 0.416 e. The summed E-state index contributed by atoms with van der Waals surface area (Å²) in [5, 5.41) is 0. The third-order valence-corrected chi connectivity index (χ3v) is 5.17. The molecule has 0 saturated carbocycles. The highest BCUT2D eigenvalue weighted by Crippen LogP contribution is 2.46. The lowest BCUT2D eigenvalue weighted by molar-refractivity contribution is -0.142. The highest BCUT2D eigenvalue weighted by Gasteiger charge is 2.45. The van der Waals surface area contributed by atoms with E-state index in [2.05, 4.69) is 0 Å². The van der Waals surface area contributed by atoms with Gasteiger partial charge in [-0.15, -0.1) is 0 Å². The van der Waals surface area contributed by atoms with Gasteiger partial charge in [-0.2, -0.15) is 13.2 Å². The lowest BCUT2D eigenvalue weighted by Gasteiger charge is -2.38. The first-order chi connectivity index (χ1) is 15.4. The van der Waals surface area contributed by atoms with Gasteiger partial charge in [0.15, 0.2) is 0 Å². The Kier molecular flexibility index (Phi) is 7.94. The van der Waals surface area contributed by atoms with E-state index < -0.39 is 35.6 Å². The summed E-state index contributed by atoms with van der Waals surface area (Å²) in [6.07, 6.45) is -4.76. The maximum absolute atomic E-state index is 13.9. The summed E-state index contributed by atoms with van der Waals surface area (Å²) in [4.78, 5) is 41.4. The molecule has 0 atom stereocenters. The van der Waals surface area contributed by atoms with E-state index in [1.54, 1.807) is 13.8 Å². The molecule has 1 aromatic rings. The van der Waals surface area contributed by atoms with Crippen molar-refractivity contribution in [2.75, 3.05) is 27.3 Å². The largest absolute Gasteiger partial charge is 0.463 e. The van der Waals surface area contributed by atoms with Crippen molar-refractivity contribution < 1.29 is 37.0 Å². The summed E-state index contributed by atoms with van der Waals surface area (Å²) < 4.78 is 52.0. The maximum atomic E-state index is 13.9. The van der Waals surface area contributed by atoms with Crippen LogP contribution in [-0.2, 0) is 25.2 Å². The molecule has 0 N–H and O–H groups in total. The number of hydrogen-bond acceptors (Lipinski definition) is 5. The Bertz CT molecular complexity index is 970. The highest BCUT2D eigenvalue weighted by atomic mass is 19.4. The molecule has 0 bridgehead atoms. The molecular weight excluding hydrogens is 441 g/mol. The Morgan fingerprint density at radius 2 is 1.39 bits per heavy atom. The van der Waals surface area contributed by atoms with Crippen LogP contribution in [0.1, 0.15) is 44.7 Å². The van der Waals surface area contributed by atoms with E-state index in [1.165, 1.54) is 51.0 Å². The molecule has 0 aromatic heterocycles. The number of hydrogen-bond donors (Lipinski definition) is 0. The second kappa shape index (κ2) is 10.1. The average Bonchev–Trinajstić information content (AvgIpc) is 2.72. The quantitative estimate of drug-likeness (QED) is 0.597. The van der Waals surface area contributed by atoms with E-state index in [4.69, 9.17) is 9.47 Å². The Morgan fingerprint density at radius 1 is 0.939 bits per heavy atom. The smallest absolute Gasteiger partial charge is 0.416 e. The molecule has 0 aliphatic carbocycles. The first-order valence-corrected chi connectivity index (χ1v) is 10.3. The third kappa shape index (κ3) is 5.04. The molecular formula is C23H27F3N2O5. The molecule has 2 amide bonds. The number of benzene rings is 1. The van der Waals surface area contributed by atoms with Gasteiger partial charge < -0.3 is 14.4 Å². The molecule has 10 heteroatoms. The van der Waals surface area contributed by atoms with Crippen LogP contribution >= 0.6 is 0 Å². The number of nitrogens with zero attached hydrogens (tertiary/aromatic N) is 2. The molecule has 2 rings (SSSR count). The third-order valence-electron chi connectivity index (χ3n) is 5.17. The predicted molar refractivity (Wildman–Crippen MR) is 114 cm³/mol. The summed E-state index contributed by atoms with van der Waals surface area (Å²) in [7, 11) is 2.95. The fourth-order valence-corrected chi connectivity index (χ4v) is 3.81. The van der Waals surface area contributed by atoms with E-state index in [1.807, 2.05) is 0 Å². The number of urea groups is 1. The highest BCUT2D eigenvalue weighted by molar-refractivity contribution is 6.01. The Balaban J connectivity index is 2.98. The van der Waals surface area contributed by atoms with Crippen LogP contribution in [-0.4, -0.2) is 55.1 Å². The molecule has 0 unspecified atom stereocenters. The van der Waals surface area contributed by atoms with Crippen molar-refractivity contribution in [2.24, 2.45) is 0 Å². The molecule has 1 aromatic carbocycles. The van der Waals surface area contributed by atoms with E-state index in [0.717, 1.165) is 11.0 Å². The Labute approximate surface area is 190 Å². The number of ether oxygens (including phenoxy) is 2. The van der Waals surface area contributed by atoms with Crippen molar-refractivity contribution in [2.45, 2.75) is 39.8 Å². The van der Waals surface area contributed by atoms with Gasteiger partial charge in [-0.3, -0.25) is 4.90 Å². The Hall–Kier alpha value is -3.30. The minimum Gasteiger partial charge on any atom is -0.463 e. The second-order valence-corrected chi connectivity index (χ2v) is 7.47. The zero-order valence-electron chi connectivity index (χ0n) is 19.4. The van der Waals surface area contributed by atoms with Gasteiger partial charge in [0, 0.05) is 25.5 Å². The predicted octanol–water partition coefficient (Wildman–Crippen LogP) is 4.46. The molecule has 1 heterocycles. The number of halogens is 3. The number of carbonyl (C=O) groups excluding carboxylic acids is 3. The van der Waals surface area contributed by atoms with E-state index >= 15 is 0 Å². The van der Waals surface area contributed by atoms with Crippen molar-refractivity contribution in [1.82, 2.24) is 9.80 Å². The van der Waals surface area contributed by atoms with Crippen molar-refractivity contribution in [3.05, 3.63) is 57.9 Å². The number of amides is 2. The first-order valence-electron chi connectivity index (χ1n) is 10.3. The first kappa shape index (κ1) is 26.0. The van der Waals surface area contributed by atoms with Crippen LogP contribution in [0, 0.1) is 0 Å². The van der Waals surface area contributed by atoms with Gasteiger partial charge in [-0.1, -0.05) is 18.2 Å². The number of esters is 2. The van der Waals surface area contributed by atoms with Gasteiger partial charge in [-0.25, -0.2) is 14.4 Å². The fraction of sp³-hybridized carbons (Fsp3) is 0.435. The summed E-state index contributed by atoms with van der Waals surface area (Å²) in [5.41, 5.74) is -1.66. The number of rotatable bonds is 5. The average molecular weight is 468 g/mol. The lowest BCUT2D eigenvalue weighted by Crippen LogP contribution is -2.43. The molecule has 7 nitrogen and oxygen atoms in total. The van der Waals surface area contributed by atoms with Gasteiger partial charge in [0.05, 0.1) is 35.8 Å². The number of allylic oxidation sites excluding steroid dienone is 2.